The van der Waals surface area contributed by atoms with E-state index in [1.54, 1.807) is 7.11 Å². The molecule has 1 aliphatic rings. The maximum absolute atomic E-state index is 4.97. The summed E-state index contributed by atoms with van der Waals surface area (Å²) in [4.78, 5) is 0. The highest BCUT2D eigenvalue weighted by Crippen LogP contribution is 2.16. The summed E-state index contributed by atoms with van der Waals surface area (Å²) >= 11 is 0. The molecule has 9 heavy (non-hydrogen) atoms. The second-order valence-corrected chi connectivity index (χ2v) is 1.77. The van der Waals surface area contributed by atoms with Crippen LogP contribution in [0.2, 0.25) is 0 Å². The summed E-state index contributed by atoms with van der Waals surface area (Å²) in [6.07, 6.45) is 5.79. The van der Waals surface area contributed by atoms with Gasteiger partial charge in [-0.15, -0.1) is 0 Å². The van der Waals surface area contributed by atoms with Crippen molar-refractivity contribution in [1.29, 1.82) is 0 Å². The average Bonchev–Trinajstić information content (AvgIpc) is 2.43. The fourth-order valence-corrected chi connectivity index (χ4v) is 0.827. The van der Waals surface area contributed by atoms with Gasteiger partial charge in [-0.25, -0.2) is 0 Å². The van der Waals surface area contributed by atoms with Crippen LogP contribution in [0, 0.1) is 0 Å². The van der Waals surface area contributed by atoms with E-state index in [2.05, 4.69) is 6.08 Å². The SMILES string of the molecule is CC.COC1=CCCC1. The fraction of sp³-hybridized carbons (Fsp3) is 0.750. The van der Waals surface area contributed by atoms with E-state index in [1.807, 2.05) is 13.8 Å². The van der Waals surface area contributed by atoms with E-state index in [-0.39, 0.29) is 0 Å². The summed E-state index contributed by atoms with van der Waals surface area (Å²) in [6, 6.07) is 0. The molecular weight excluding hydrogens is 112 g/mol. The van der Waals surface area contributed by atoms with Crippen molar-refractivity contribution in [2.75, 3.05) is 7.11 Å². The molecule has 0 atom stereocenters. The first kappa shape index (κ1) is 8.54. The molecule has 0 aliphatic heterocycles. The highest BCUT2D eigenvalue weighted by molar-refractivity contribution is 4.98. The Bertz CT molecular complexity index is 84.6. The molecule has 1 nitrogen and oxygen atoms in total. The molecule has 0 aromatic carbocycles. The first-order chi connectivity index (χ1) is 4.43. The van der Waals surface area contributed by atoms with E-state index in [0.29, 0.717) is 0 Å². The van der Waals surface area contributed by atoms with E-state index in [9.17, 15) is 0 Å². The molecule has 0 spiro atoms. The van der Waals surface area contributed by atoms with E-state index in [4.69, 9.17) is 4.74 Å². The van der Waals surface area contributed by atoms with Gasteiger partial charge in [-0.3, -0.25) is 0 Å². The number of ether oxygens (including phenoxy) is 1. The molecule has 0 amide bonds. The zero-order valence-electron chi connectivity index (χ0n) is 6.61. The number of hydrogen-bond acceptors (Lipinski definition) is 1. The Labute approximate surface area is 57.7 Å². The predicted octanol–water partition coefficient (Wildman–Crippen LogP) is 2.73. The van der Waals surface area contributed by atoms with Crippen molar-refractivity contribution in [3.05, 3.63) is 11.8 Å². The molecule has 0 fully saturated rings. The fourth-order valence-electron chi connectivity index (χ4n) is 0.827. The largest absolute Gasteiger partial charge is 0.501 e. The Kier molecular flexibility index (Phi) is 5.38. The lowest BCUT2D eigenvalue weighted by atomic mass is 10.4. The lowest BCUT2D eigenvalue weighted by molar-refractivity contribution is 0.282. The Hall–Kier alpha value is -0.460. The van der Waals surface area contributed by atoms with E-state index in [1.165, 1.54) is 18.6 Å². The van der Waals surface area contributed by atoms with Crippen molar-refractivity contribution in [2.24, 2.45) is 0 Å². The topological polar surface area (TPSA) is 9.23 Å². The van der Waals surface area contributed by atoms with Gasteiger partial charge in [0.25, 0.3) is 0 Å². The molecule has 0 saturated carbocycles. The Balaban J connectivity index is 0.000000291. The van der Waals surface area contributed by atoms with Crippen molar-refractivity contribution in [2.45, 2.75) is 33.1 Å². The van der Waals surface area contributed by atoms with Gasteiger partial charge >= 0.3 is 0 Å². The molecule has 0 radical (unpaired) electrons. The van der Waals surface area contributed by atoms with Crippen molar-refractivity contribution < 1.29 is 4.74 Å². The van der Waals surface area contributed by atoms with Gasteiger partial charge in [0.2, 0.25) is 0 Å². The first-order valence-electron chi connectivity index (χ1n) is 3.66. The standard InChI is InChI=1S/C6H10O.C2H6/c1-7-6-4-2-3-5-6;1-2/h4H,2-3,5H2,1H3;1-2H3. The predicted molar refractivity (Wildman–Crippen MR) is 40.3 cm³/mol. The molecule has 0 heterocycles. The zero-order chi connectivity index (χ0) is 7.11. The minimum Gasteiger partial charge on any atom is -0.501 e. The van der Waals surface area contributed by atoms with Crippen LogP contribution in [-0.2, 0) is 4.74 Å². The number of methoxy groups -OCH3 is 1. The van der Waals surface area contributed by atoms with Crippen molar-refractivity contribution in [1.82, 2.24) is 0 Å². The number of hydrogen-bond donors (Lipinski definition) is 0. The summed E-state index contributed by atoms with van der Waals surface area (Å²) in [5.41, 5.74) is 0. The van der Waals surface area contributed by atoms with Gasteiger partial charge < -0.3 is 4.74 Å². The quantitative estimate of drug-likeness (QED) is 0.527. The van der Waals surface area contributed by atoms with Crippen LogP contribution in [-0.4, -0.2) is 7.11 Å². The third-order valence-electron chi connectivity index (χ3n) is 1.26. The Morgan fingerprint density at radius 3 is 2.33 bits per heavy atom. The van der Waals surface area contributed by atoms with E-state index in [0.717, 1.165) is 6.42 Å². The van der Waals surface area contributed by atoms with Gasteiger partial charge in [-0.2, -0.15) is 0 Å². The van der Waals surface area contributed by atoms with Crippen LogP contribution in [0.5, 0.6) is 0 Å². The second-order valence-electron chi connectivity index (χ2n) is 1.77. The molecule has 0 aromatic heterocycles. The van der Waals surface area contributed by atoms with Crippen molar-refractivity contribution in [3.63, 3.8) is 0 Å². The van der Waals surface area contributed by atoms with Crippen molar-refractivity contribution in [3.8, 4) is 0 Å². The maximum Gasteiger partial charge on any atom is 0.0915 e. The summed E-state index contributed by atoms with van der Waals surface area (Å²) in [5.74, 6) is 1.17. The molecule has 1 aliphatic carbocycles. The summed E-state index contributed by atoms with van der Waals surface area (Å²) in [6.45, 7) is 4.00. The number of allylic oxidation sites excluding steroid dienone is 2. The molecule has 0 aromatic rings. The highest BCUT2D eigenvalue weighted by Gasteiger charge is 2.01. The zero-order valence-corrected chi connectivity index (χ0v) is 6.61. The molecule has 1 rings (SSSR count). The molecule has 0 unspecified atom stereocenters. The minimum atomic E-state index is 1.15. The smallest absolute Gasteiger partial charge is 0.0915 e. The first-order valence-corrected chi connectivity index (χ1v) is 3.66. The van der Waals surface area contributed by atoms with Crippen LogP contribution in [0.15, 0.2) is 11.8 Å². The molecule has 0 bridgehead atoms. The van der Waals surface area contributed by atoms with Gasteiger partial charge in [0.05, 0.1) is 12.9 Å². The summed E-state index contributed by atoms with van der Waals surface area (Å²) < 4.78 is 4.97. The van der Waals surface area contributed by atoms with Crippen LogP contribution < -0.4 is 0 Å². The normalized spacial score (nSPS) is 15.7. The lowest BCUT2D eigenvalue weighted by Gasteiger charge is -1.94. The molecule has 0 N–H and O–H groups in total. The lowest BCUT2D eigenvalue weighted by Crippen LogP contribution is -1.77. The third-order valence-corrected chi connectivity index (χ3v) is 1.26. The van der Waals surface area contributed by atoms with Crippen LogP contribution in [0.25, 0.3) is 0 Å². The monoisotopic (exact) mass is 128 g/mol. The third kappa shape index (κ3) is 3.17. The maximum atomic E-state index is 4.97. The average molecular weight is 128 g/mol. The molecule has 0 saturated heterocycles. The molecule has 54 valence electrons. The minimum absolute atomic E-state index is 1.15. The van der Waals surface area contributed by atoms with Gasteiger partial charge in [-0.1, -0.05) is 13.8 Å². The molecular formula is C8H16O. The highest BCUT2D eigenvalue weighted by atomic mass is 16.5. The van der Waals surface area contributed by atoms with Crippen molar-refractivity contribution >= 4 is 0 Å². The summed E-state index contributed by atoms with van der Waals surface area (Å²) in [7, 11) is 1.73. The van der Waals surface area contributed by atoms with E-state index >= 15 is 0 Å². The van der Waals surface area contributed by atoms with Crippen LogP contribution in [0.3, 0.4) is 0 Å². The Morgan fingerprint density at radius 2 is 2.11 bits per heavy atom. The van der Waals surface area contributed by atoms with E-state index < -0.39 is 0 Å². The van der Waals surface area contributed by atoms with Crippen LogP contribution >= 0.6 is 0 Å². The van der Waals surface area contributed by atoms with Gasteiger partial charge in [0, 0.05) is 6.42 Å². The summed E-state index contributed by atoms with van der Waals surface area (Å²) in [5, 5.41) is 0. The second kappa shape index (κ2) is 5.67. The van der Waals surface area contributed by atoms with Crippen LogP contribution in [0.1, 0.15) is 33.1 Å². The van der Waals surface area contributed by atoms with Gasteiger partial charge in [0.1, 0.15) is 0 Å². The Morgan fingerprint density at radius 1 is 1.44 bits per heavy atom. The number of rotatable bonds is 1. The van der Waals surface area contributed by atoms with Gasteiger partial charge in [0.15, 0.2) is 0 Å². The van der Waals surface area contributed by atoms with Gasteiger partial charge in [-0.05, 0) is 18.9 Å². The molecule has 1 heteroatoms. The van der Waals surface area contributed by atoms with Crippen LogP contribution in [0.4, 0.5) is 0 Å².